The normalized spacial score (nSPS) is 17.0. The second kappa shape index (κ2) is 12.2. The summed E-state index contributed by atoms with van der Waals surface area (Å²) in [5.41, 5.74) is -2.18. The number of hydrogen-bond donors (Lipinski definition) is 0. The second-order valence-electron chi connectivity index (χ2n) is 10.00. The smallest absolute Gasteiger partial charge is 0.413 e. The topological polar surface area (TPSA) is 71.1 Å². The highest BCUT2D eigenvalue weighted by atomic mass is 32.2. The number of halogens is 3. The molecule has 0 unspecified atom stereocenters. The van der Waals surface area contributed by atoms with Crippen molar-refractivity contribution in [2.75, 3.05) is 27.1 Å². The zero-order valence-corrected chi connectivity index (χ0v) is 23.3. The molecule has 0 spiro atoms. The Kier molecular flexibility index (Phi) is 11.1. The van der Waals surface area contributed by atoms with Gasteiger partial charge in [0.1, 0.15) is 12.6 Å². The van der Waals surface area contributed by atoms with E-state index in [9.17, 15) is 21.6 Å². The highest BCUT2D eigenvalue weighted by Crippen LogP contribution is 2.38. The van der Waals surface area contributed by atoms with Gasteiger partial charge in [-0.3, -0.25) is 0 Å². The van der Waals surface area contributed by atoms with Crippen molar-refractivity contribution in [2.45, 2.75) is 83.9 Å². The molecule has 1 aliphatic carbocycles. The largest absolute Gasteiger partial charge is 0.534 e. The van der Waals surface area contributed by atoms with Crippen molar-refractivity contribution in [3.05, 3.63) is 34.1 Å². The van der Waals surface area contributed by atoms with Gasteiger partial charge >= 0.3 is 15.6 Å². The Labute approximate surface area is 203 Å². The van der Waals surface area contributed by atoms with Crippen LogP contribution in [0.3, 0.4) is 0 Å². The molecule has 0 aliphatic heterocycles. The van der Waals surface area contributed by atoms with Crippen molar-refractivity contribution in [1.82, 2.24) is 0 Å². The number of alkyl halides is 3. The average molecular weight is 529 g/mol. The van der Waals surface area contributed by atoms with Crippen LogP contribution < -0.4 is 0 Å². The maximum atomic E-state index is 13.0. The molecule has 0 aromatic carbocycles. The molecule has 198 valence electrons. The maximum absolute atomic E-state index is 13.0. The van der Waals surface area contributed by atoms with Crippen LogP contribution in [0.15, 0.2) is 34.1 Å². The minimum absolute atomic E-state index is 0.0262. The highest BCUT2D eigenvalue weighted by Gasteiger charge is 2.49. The summed E-state index contributed by atoms with van der Waals surface area (Å²) in [6.45, 7) is 14.5. The minimum atomic E-state index is -5.79. The molecule has 0 amide bonds. The molecule has 0 fully saturated rings. The van der Waals surface area contributed by atoms with E-state index in [-0.39, 0.29) is 36.2 Å². The predicted molar refractivity (Wildman–Crippen MR) is 129 cm³/mol. The van der Waals surface area contributed by atoms with Crippen molar-refractivity contribution in [3.8, 4) is 0 Å². The lowest BCUT2D eigenvalue weighted by atomic mass is 9.88. The van der Waals surface area contributed by atoms with Gasteiger partial charge in [0.15, 0.2) is 8.32 Å². The molecular weight excluding hydrogens is 489 g/mol. The summed E-state index contributed by atoms with van der Waals surface area (Å²) in [4.78, 5) is 0. The summed E-state index contributed by atoms with van der Waals surface area (Å²) in [6, 6.07) is 0. The van der Waals surface area contributed by atoms with E-state index in [2.05, 4.69) is 44.1 Å². The molecule has 0 radical (unpaired) electrons. The predicted octanol–water partition coefficient (Wildman–Crippen LogP) is 6.59. The first kappa shape index (κ1) is 30.9. The maximum Gasteiger partial charge on any atom is 0.534 e. The van der Waals surface area contributed by atoms with Crippen LogP contribution in [0.1, 0.15) is 60.3 Å². The molecule has 0 aromatic heterocycles. The molecule has 0 heterocycles. The fraction of sp³-hybridized carbons (Fsp3) is 0.739. The Balaban J connectivity index is 3.18. The Morgan fingerprint density at radius 2 is 1.79 bits per heavy atom. The molecule has 0 atom stereocenters. The first-order chi connectivity index (χ1) is 15.4. The molecule has 11 heteroatoms. The first-order valence-corrected chi connectivity index (χ1v) is 15.5. The van der Waals surface area contributed by atoms with Gasteiger partial charge in [-0.25, -0.2) is 0 Å². The van der Waals surface area contributed by atoms with E-state index >= 15 is 0 Å². The standard InChI is InChI=1S/C23H39F3O6SSi/c1-17-10-9-11-19(15-31-34(7,8)22(3,4)5)20(17)12-13-21(18(2)14-30-16-29-6)32-33(27,28)23(24,25)26/h10H,9,11-16H2,1-8H3/b21-18-. The minimum Gasteiger partial charge on any atom is -0.413 e. The van der Waals surface area contributed by atoms with E-state index in [1.807, 2.05) is 6.92 Å². The van der Waals surface area contributed by atoms with E-state index < -0.39 is 23.9 Å². The van der Waals surface area contributed by atoms with Gasteiger partial charge in [-0.1, -0.05) is 32.4 Å². The van der Waals surface area contributed by atoms with Crippen molar-refractivity contribution < 1.29 is 39.7 Å². The van der Waals surface area contributed by atoms with Gasteiger partial charge in [-0.2, -0.15) is 21.6 Å². The van der Waals surface area contributed by atoms with Crippen LogP contribution in [-0.2, 0) is 28.2 Å². The van der Waals surface area contributed by atoms with Crippen LogP contribution >= 0.6 is 0 Å². The lowest BCUT2D eigenvalue weighted by molar-refractivity contribution is -0.0526. The molecule has 0 N–H and O–H groups in total. The molecule has 1 rings (SSSR count). The summed E-state index contributed by atoms with van der Waals surface area (Å²) in [7, 11) is -6.38. The van der Waals surface area contributed by atoms with E-state index in [1.54, 1.807) is 0 Å². The lowest BCUT2D eigenvalue weighted by Crippen LogP contribution is -2.41. The van der Waals surface area contributed by atoms with Crippen LogP contribution in [0.25, 0.3) is 0 Å². The average Bonchev–Trinajstić information content (AvgIpc) is 2.68. The van der Waals surface area contributed by atoms with Crippen LogP contribution in [0.5, 0.6) is 0 Å². The van der Waals surface area contributed by atoms with Crippen LogP contribution in [0.4, 0.5) is 13.2 Å². The van der Waals surface area contributed by atoms with Crippen molar-refractivity contribution in [1.29, 1.82) is 0 Å². The molecule has 0 saturated heterocycles. The molecule has 6 nitrogen and oxygen atoms in total. The SMILES string of the molecule is COCOC/C(C)=C(/CCC1=C(CO[Si](C)(C)C(C)(C)C)CCC=C1C)OS(=O)(=O)C(F)(F)F. The van der Waals surface area contributed by atoms with Crippen molar-refractivity contribution in [2.24, 2.45) is 0 Å². The third kappa shape index (κ3) is 8.82. The summed E-state index contributed by atoms with van der Waals surface area (Å²) in [5, 5.41) is 0.0439. The second-order valence-corrected chi connectivity index (χ2v) is 16.3. The Morgan fingerprint density at radius 1 is 1.18 bits per heavy atom. The van der Waals surface area contributed by atoms with Gasteiger partial charge in [0, 0.05) is 13.5 Å². The highest BCUT2D eigenvalue weighted by molar-refractivity contribution is 7.87. The van der Waals surface area contributed by atoms with Gasteiger partial charge < -0.3 is 18.1 Å². The fourth-order valence-corrected chi connectivity index (χ4v) is 4.69. The fourth-order valence-electron chi connectivity index (χ4n) is 3.14. The Morgan fingerprint density at radius 3 is 2.32 bits per heavy atom. The van der Waals surface area contributed by atoms with Crippen LogP contribution in [0.2, 0.25) is 18.1 Å². The van der Waals surface area contributed by atoms with Crippen LogP contribution in [0, 0.1) is 0 Å². The van der Waals surface area contributed by atoms with Crippen molar-refractivity contribution in [3.63, 3.8) is 0 Å². The van der Waals surface area contributed by atoms with Gasteiger partial charge in [0.2, 0.25) is 0 Å². The zero-order valence-electron chi connectivity index (χ0n) is 21.5. The number of methoxy groups -OCH3 is 1. The van der Waals surface area contributed by atoms with Crippen LogP contribution in [-0.4, -0.2) is 49.4 Å². The first-order valence-electron chi connectivity index (χ1n) is 11.2. The van der Waals surface area contributed by atoms with Gasteiger partial charge in [0.25, 0.3) is 0 Å². The summed E-state index contributed by atoms with van der Waals surface area (Å²) in [6.07, 6.45) is 4.02. The summed E-state index contributed by atoms with van der Waals surface area (Å²) < 4.78 is 83.2. The Bertz CT molecular complexity index is 897. The van der Waals surface area contributed by atoms with E-state index in [0.717, 1.165) is 29.6 Å². The summed E-state index contributed by atoms with van der Waals surface area (Å²) in [5.74, 6) is -0.274. The van der Waals surface area contributed by atoms with Crippen molar-refractivity contribution >= 4 is 18.4 Å². The molecule has 0 bridgehead atoms. The number of ether oxygens (including phenoxy) is 2. The van der Waals surface area contributed by atoms with Gasteiger partial charge in [-0.15, -0.1) is 0 Å². The number of rotatable bonds is 12. The third-order valence-corrected chi connectivity index (χ3v) is 11.8. The van der Waals surface area contributed by atoms with Gasteiger partial charge in [-0.05, 0) is 68.0 Å². The lowest BCUT2D eigenvalue weighted by Gasteiger charge is -2.37. The molecule has 0 aromatic rings. The number of allylic oxidation sites excluding steroid dienone is 4. The molecule has 0 saturated carbocycles. The number of hydrogen-bond acceptors (Lipinski definition) is 6. The van der Waals surface area contributed by atoms with E-state index in [4.69, 9.17) is 13.9 Å². The van der Waals surface area contributed by atoms with E-state index in [1.165, 1.54) is 14.0 Å². The zero-order chi connectivity index (χ0) is 26.4. The molecular formula is C23H39F3O6SSi. The van der Waals surface area contributed by atoms with Gasteiger partial charge in [0.05, 0.1) is 13.2 Å². The molecule has 1 aliphatic rings. The van der Waals surface area contributed by atoms with E-state index in [0.29, 0.717) is 13.0 Å². The molecule has 34 heavy (non-hydrogen) atoms. The summed E-state index contributed by atoms with van der Waals surface area (Å²) >= 11 is 0. The monoisotopic (exact) mass is 528 g/mol. The Hall–Kier alpha value is -1.14. The third-order valence-electron chi connectivity index (χ3n) is 6.30. The quantitative estimate of drug-likeness (QED) is 0.0711.